The predicted molar refractivity (Wildman–Crippen MR) is 160 cm³/mol. The summed E-state index contributed by atoms with van der Waals surface area (Å²) in [5.74, 6) is 0. The topological polar surface area (TPSA) is 9.23 Å². The van der Waals surface area contributed by atoms with Gasteiger partial charge in [-0.05, 0) is 24.6 Å². The predicted octanol–water partition coefficient (Wildman–Crippen LogP) is 12.4. The third-order valence-corrected chi connectivity index (χ3v) is 12.5. The van der Waals surface area contributed by atoms with Gasteiger partial charge in [0.15, 0.2) is 8.32 Å². The van der Waals surface area contributed by atoms with E-state index in [0.717, 1.165) is 6.61 Å². The van der Waals surface area contributed by atoms with Crippen LogP contribution >= 0.6 is 0 Å². The van der Waals surface area contributed by atoms with Gasteiger partial charge >= 0.3 is 0 Å². The molecular formula is C32H68OSi. The molecule has 0 saturated carbocycles. The molecule has 0 rings (SSSR count). The van der Waals surface area contributed by atoms with Crippen LogP contribution in [0.15, 0.2) is 0 Å². The summed E-state index contributed by atoms with van der Waals surface area (Å²) in [7, 11) is -1.58. The minimum absolute atomic E-state index is 1.07. The second-order valence-corrected chi connectivity index (χ2v) is 15.5. The van der Waals surface area contributed by atoms with Crippen LogP contribution in [0.4, 0.5) is 0 Å². The zero-order valence-electron chi connectivity index (χ0n) is 24.7. The van der Waals surface area contributed by atoms with Gasteiger partial charge in [0.25, 0.3) is 0 Å². The molecule has 0 aliphatic rings. The van der Waals surface area contributed by atoms with Crippen LogP contribution in [-0.2, 0) is 4.43 Å². The van der Waals surface area contributed by atoms with Gasteiger partial charge in [-0.25, -0.2) is 0 Å². The molecule has 0 aromatic carbocycles. The molecule has 206 valence electrons. The number of rotatable bonds is 29. The number of hydrogen-bond donors (Lipinski definition) is 0. The van der Waals surface area contributed by atoms with Crippen LogP contribution in [0.3, 0.4) is 0 Å². The molecule has 0 N–H and O–H groups in total. The van der Waals surface area contributed by atoms with E-state index >= 15 is 0 Å². The summed E-state index contributed by atoms with van der Waals surface area (Å²) in [6, 6.07) is 4.37. The Kier molecular flexibility index (Phi) is 27.9. The summed E-state index contributed by atoms with van der Waals surface area (Å²) in [6.45, 7) is 10.4. The zero-order valence-corrected chi connectivity index (χ0v) is 25.7. The molecular weight excluding hydrogens is 428 g/mol. The fourth-order valence-corrected chi connectivity index (χ4v) is 9.89. The van der Waals surface area contributed by atoms with Crippen LogP contribution in [0.2, 0.25) is 18.1 Å². The maximum atomic E-state index is 7.06. The molecule has 0 aliphatic carbocycles. The molecule has 0 saturated heterocycles. The van der Waals surface area contributed by atoms with Gasteiger partial charge in [-0.15, -0.1) is 0 Å². The third-order valence-electron chi connectivity index (χ3n) is 7.86. The third kappa shape index (κ3) is 22.6. The summed E-state index contributed by atoms with van der Waals surface area (Å²) in [6.07, 6.45) is 34.0. The minimum atomic E-state index is -1.58. The van der Waals surface area contributed by atoms with Crippen molar-refractivity contribution in [2.75, 3.05) is 6.61 Å². The van der Waals surface area contributed by atoms with Crippen molar-refractivity contribution in [2.45, 2.75) is 200 Å². The Hall–Kier alpha value is 0.177. The van der Waals surface area contributed by atoms with Gasteiger partial charge < -0.3 is 4.43 Å². The SMILES string of the molecule is CCCCCCCCO[Si](CCCCCCCC)(CCCCCCCC)CCCCCCCC. The van der Waals surface area contributed by atoms with Crippen LogP contribution in [0.5, 0.6) is 0 Å². The summed E-state index contributed by atoms with van der Waals surface area (Å²) in [4.78, 5) is 0. The van der Waals surface area contributed by atoms with E-state index in [1.165, 1.54) is 172 Å². The van der Waals surface area contributed by atoms with Gasteiger partial charge in [-0.2, -0.15) is 0 Å². The molecule has 0 atom stereocenters. The first-order valence-electron chi connectivity index (χ1n) is 16.4. The molecule has 0 amide bonds. The Morgan fingerprint density at radius 2 is 0.588 bits per heavy atom. The highest BCUT2D eigenvalue weighted by atomic mass is 28.4. The average Bonchev–Trinajstić information content (AvgIpc) is 2.85. The lowest BCUT2D eigenvalue weighted by Crippen LogP contribution is -2.38. The second kappa shape index (κ2) is 27.8. The zero-order chi connectivity index (χ0) is 25.0. The van der Waals surface area contributed by atoms with E-state index in [2.05, 4.69) is 27.7 Å². The first-order valence-corrected chi connectivity index (χ1v) is 18.9. The van der Waals surface area contributed by atoms with Gasteiger partial charge in [-0.3, -0.25) is 0 Å². The minimum Gasteiger partial charge on any atom is -0.417 e. The molecule has 0 heterocycles. The fourth-order valence-electron chi connectivity index (χ4n) is 5.45. The number of hydrogen-bond acceptors (Lipinski definition) is 1. The van der Waals surface area contributed by atoms with E-state index in [0.29, 0.717) is 0 Å². The Labute approximate surface area is 219 Å². The Bertz CT molecular complexity index is 329. The summed E-state index contributed by atoms with van der Waals surface area (Å²) >= 11 is 0. The normalized spacial score (nSPS) is 12.0. The highest BCUT2D eigenvalue weighted by molar-refractivity contribution is 6.73. The van der Waals surface area contributed by atoms with Crippen LogP contribution in [0.1, 0.15) is 182 Å². The molecule has 2 heteroatoms. The highest BCUT2D eigenvalue weighted by Crippen LogP contribution is 2.31. The molecule has 0 unspecified atom stereocenters. The Morgan fingerprint density at radius 1 is 0.324 bits per heavy atom. The lowest BCUT2D eigenvalue weighted by atomic mass is 10.1. The van der Waals surface area contributed by atoms with E-state index in [1.807, 2.05) is 0 Å². The fraction of sp³-hybridized carbons (Fsp3) is 1.00. The molecule has 1 nitrogen and oxygen atoms in total. The molecule has 0 spiro atoms. The molecule has 34 heavy (non-hydrogen) atoms. The summed E-state index contributed by atoms with van der Waals surface area (Å²) in [5, 5.41) is 0. The van der Waals surface area contributed by atoms with Crippen LogP contribution in [0.25, 0.3) is 0 Å². The van der Waals surface area contributed by atoms with Crippen molar-refractivity contribution in [1.82, 2.24) is 0 Å². The summed E-state index contributed by atoms with van der Waals surface area (Å²) < 4.78 is 7.06. The molecule has 0 radical (unpaired) electrons. The molecule has 0 bridgehead atoms. The van der Waals surface area contributed by atoms with Crippen LogP contribution in [-0.4, -0.2) is 14.9 Å². The van der Waals surface area contributed by atoms with Crippen molar-refractivity contribution in [2.24, 2.45) is 0 Å². The van der Waals surface area contributed by atoms with E-state index in [9.17, 15) is 0 Å². The average molecular weight is 497 g/mol. The highest BCUT2D eigenvalue weighted by Gasteiger charge is 2.33. The quantitative estimate of drug-likeness (QED) is 0.0738. The largest absolute Gasteiger partial charge is 0.417 e. The van der Waals surface area contributed by atoms with Gasteiger partial charge in [0.1, 0.15) is 0 Å². The van der Waals surface area contributed by atoms with Gasteiger partial charge in [-0.1, -0.05) is 175 Å². The summed E-state index contributed by atoms with van der Waals surface area (Å²) in [5.41, 5.74) is 0. The maximum absolute atomic E-state index is 7.06. The van der Waals surface area contributed by atoms with Crippen LogP contribution in [0, 0.1) is 0 Å². The van der Waals surface area contributed by atoms with Crippen molar-refractivity contribution < 1.29 is 4.43 Å². The van der Waals surface area contributed by atoms with Crippen molar-refractivity contribution >= 4 is 8.32 Å². The van der Waals surface area contributed by atoms with E-state index < -0.39 is 8.32 Å². The first kappa shape index (κ1) is 34.2. The van der Waals surface area contributed by atoms with Gasteiger partial charge in [0, 0.05) is 6.61 Å². The van der Waals surface area contributed by atoms with Crippen LogP contribution < -0.4 is 0 Å². The molecule has 0 aliphatic heterocycles. The molecule has 0 fully saturated rings. The monoisotopic (exact) mass is 497 g/mol. The first-order chi connectivity index (χ1) is 16.7. The van der Waals surface area contributed by atoms with Crippen molar-refractivity contribution in [3.8, 4) is 0 Å². The smallest absolute Gasteiger partial charge is 0.192 e. The van der Waals surface area contributed by atoms with Crippen molar-refractivity contribution in [3.05, 3.63) is 0 Å². The Morgan fingerprint density at radius 3 is 0.912 bits per heavy atom. The Balaban J connectivity index is 4.74. The molecule has 0 aromatic heterocycles. The lowest BCUT2D eigenvalue weighted by molar-refractivity contribution is 0.281. The maximum Gasteiger partial charge on any atom is 0.192 e. The van der Waals surface area contributed by atoms with Crippen molar-refractivity contribution in [1.29, 1.82) is 0 Å². The van der Waals surface area contributed by atoms with Gasteiger partial charge in [0.05, 0.1) is 0 Å². The van der Waals surface area contributed by atoms with E-state index in [1.54, 1.807) is 0 Å². The lowest BCUT2D eigenvalue weighted by Gasteiger charge is -2.32. The molecule has 0 aromatic rings. The number of unbranched alkanes of at least 4 members (excludes halogenated alkanes) is 20. The van der Waals surface area contributed by atoms with Gasteiger partial charge in [0.2, 0.25) is 0 Å². The second-order valence-electron chi connectivity index (χ2n) is 11.4. The van der Waals surface area contributed by atoms with E-state index in [-0.39, 0.29) is 0 Å². The standard InChI is InChI=1S/C32H68OSi/c1-5-9-13-17-21-25-29-33-34(30-26-22-18-14-10-6-2,31-27-23-19-15-11-7-3)32-28-24-20-16-12-8-4/h5-32H2,1-4H3. The van der Waals surface area contributed by atoms with Crippen molar-refractivity contribution in [3.63, 3.8) is 0 Å². The van der Waals surface area contributed by atoms with E-state index in [4.69, 9.17) is 4.43 Å².